The van der Waals surface area contributed by atoms with Gasteiger partial charge in [0.2, 0.25) is 12.0 Å². The zero-order valence-corrected chi connectivity index (χ0v) is 30.9. The van der Waals surface area contributed by atoms with Crippen LogP contribution in [0.3, 0.4) is 0 Å². The van der Waals surface area contributed by atoms with Crippen molar-refractivity contribution in [3.8, 4) is 11.5 Å². The first kappa shape index (κ1) is 38.0. The number of hydrogen-bond donors (Lipinski definition) is 6. The Morgan fingerprint density at radius 1 is 1.13 bits per heavy atom. The molecule has 3 saturated heterocycles. The van der Waals surface area contributed by atoms with Crippen molar-refractivity contribution in [1.29, 1.82) is 0 Å². The molecule has 6 heterocycles. The molecule has 7 rings (SSSR count). The molecule has 0 aliphatic carbocycles. The number of piperidine rings is 1. The molecule has 3 fully saturated rings. The monoisotopic (exact) mass is 819 g/mol. The van der Waals surface area contributed by atoms with Gasteiger partial charge >= 0.3 is 17.9 Å². The molecule has 1 aromatic carbocycles. The predicted molar refractivity (Wildman–Crippen MR) is 190 cm³/mol. The Bertz CT molecular complexity index is 2160. The van der Waals surface area contributed by atoms with Crippen LogP contribution in [0.15, 0.2) is 27.9 Å². The first-order valence-electron chi connectivity index (χ1n) is 16.7. The maximum Gasteiger partial charge on any atom is 0.352 e. The number of nitrogens with zero attached hydrogens (tertiary/aromatic N) is 5. The van der Waals surface area contributed by atoms with Crippen molar-refractivity contribution in [2.45, 2.75) is 37.2 Å². The summed E-state index contributed by atoms with van der Waals surface area (Å²) in [6, 6.07) is 1.02. The van der Waals surface area contributed by atoms with E-state index in [1.54, 1.807) is 0 Å². The van der Waals surface area contributed by atoms with Crippen molar-refractivity contribution < 1.29 is 68.4 Å². The standard InChI is InChI=1S/C33H31ClN6O13S2/c34-22-21-14(5-18(42)25(22)45)26(46)38(28(21)48)11-33-1-3-40(12-33,4-2-33)8-13-9-54-29-15(27(47)39(29)24(13)31(51)52)6-17(41)23(16-10-55-32(35)36-16)37-53-19(30(49)50)7-20(43)44/h5,10,15,19,29H,1-4,6-9,11-12H2,(H6-,35,36,37,41,42,43,44,45,46,48,49,50,51,52)/p+1/t15-,19+,29-,33?,40?/m1/s1. The number of hydrogen-bond acceptors (Lipinski definition) is 15. The first-order valence-corrected chi connectivity index (χ1v) is 19.0. The van der Waals surface area contributed by atoms with Gasteiger partial charge in [0.25, 0.3) is 11.8 Å². The normalized spacial score (nSPS) is 26.2. The van der Waals surface area contributed by atoms with Crippen molar-refractivity contribution in [3.63, 3.8) is 0 Å². The number of aromatic hydroxyl groups is 2. The van der Waals surface area contributed by atoms with E-state index in [1.165, 1.54) is 17.1 Å². The van der Waals surface area contributed by atoms with Gasteiger partial charge < -0.3 is 40.6 Å². The van der Waals surface area contributed by atoms with Crippen LogP contribution in [0.25, 0.3) is 0 Å². The Labute approximate surface area is 323 Å². The molecule has 290 valence electrons. The molecule has 0 spiro atoms. The average molecular weight is 820 g/mol. The maximum atomic E-state index is 13.6. The van der Waals surface area contributed by atoms with E-state index in [4.69, 9.17) is 27.3 Å². The number of nitrogen functional groups attached to an aromatic ring is 1. The highest BCUT2D eigenvalue weighted by Gasteiger charge is 2.60. The Balaban J connectivity index is 1.05. The number of oxime groups is 1. The number of carboxylic acids is 3. The highest BCUT2D eigenvalue weighted by atomic mass is 35.5. The van der Waals surface area contributed by atoms with Crippen molar-refractivity contribution in [2.24, 2.45) is 16.5 Å². The van der Waals surface area contributed by atoms with E-state index < -0.39 is 99.3 Å². The fraction of sp³-hybridized carbons (Fsp3) is 0.424. The van der Waals surface area contributed by atoms with Crippen LogP contribution in [-0.2, 0) is 28.8 Å². The summed E-state index contributed by atoms with van der Waals surface area (Å²) in [6.45, 7) is 2.15. The highest BCUT2D eigenvalue weighted by Crippen LogP contribution is 2.51. The summed E-state index contributed by atoms with van der Waals surface area (Å²) in [5, 5.41) is 52.7. The molecule has 1 aromatic heterocycles. The SMILES string of the molecule is Nc1nc(/C(=N/O[C@@H](CC(=O)O)C(=O)O)C(=O)C[C@@H]2C(=O)N3C(C(=O)O)=C(C[N+]45CCC(CN6C(=O)c7cc(O)c(O)c(Cl)c7C6=O)(CC4)C5)CS[C@H]23)cs1. The topological polar surface area (TPSA) is 288 Å². The number of thiazole rings is 1. The smallest absolute Gasteiger partial charge is 0.352 e. The van der Waals surface area contributed by atoms with E-state index in [2.05, 4.69) is 10.1 Å². The van der Waals surface area contributed by atoms with Crippen molar-refractivity contribution in [1.82, 2.24) is 14.8 Å². The number of thioether (sulfide) groups is 1. The fourth-order valence-electron chi connectivity index (χ4n) is 8.21. The number of anilines is 1. The second-order valence-corrected chi connectivity index (χ2v) is 16.6. The van der Waals surface area contributed by atoms with Gasteiger partial charge in [-0.3, -0.25) is 33.8 Å². The van der Waals surface area contributed by atoms with Gasteiger partial charge in [-0.05, 0) is 6.07 Å². The number of phenols is 2. The lowest BCUT2D eigenvalue weighted by molar-refractivity contribution is -0.905. The Kier molecular flexibility index (Phi) is 9.54. The molecule has 3 amide bonds. The third kappa shape index (κ3) is 6.53. The van der Waals surface area contributed by atoms with Gasteiger partial charge in [-0.2, -0.15) is 0 Å². The quantitative estimate of drug-likeness (QED) is 0.0390. The van der Waals surface area contributed by atoms with Crippen LogP contribution in [0.5, 0.6) is 11.5 Å². The summed E-state index contributed by atoms with van der Waals surface area (Å²) >= 11 is 8.36. The largest absolute Gasteiger partial charge is 0.504 e. The number of amides is 3. The van der Waals surface area contributed by atoms with Crippen LogP contribution in [0, 0.1) is 11.3 Å². The zero-order valence-electron chi connectivity index (χ0n) is 28.5. The number of halogens is 1. The maximum absolute atomic E-state index is 13.6. The van der Waals surface area contributed by atoms with Crippen LogP contribution in [0.1, 0.15) is 52.1 Å². The molecule has 3 atom stereocenters. The zero-order chi connectivity index (χ0) is 39.7. The number of fused-ring (bicyclic) bond motifs is 4. The summed E-state index contributed by atoms with van der Waals surface area (Å²) in [5.74, 6) is -9.21. The minimum atomic E-state index is -1.93. The second kappa shape index (κ2) is 13.8. The predicted octanol–water partition coefficient (Wildman–Crippen LogP) is 1.17. The van der Waals surface area contributed by atoms with E-state index in [-0.39, 0.29) is 39.9 Å². The van der Waals surface area contributed by atoms with Crippen molar-refractivity contribution >= 4 is 87.0 Å². The molecular formula is C33H32ClN6O13S2+. The minimum Gasteiger partial charge on any atom is -0.504 e. The van der Waals surface area contributed by atoms with Crippen LogP contribution in [0.4, 0.5) is 5.13 Å². The van der Waals surface area contributed by atoms with Crippen LogP contribution < -0.4 is 5.73 Å². The van der Waals surface area contributed by atoms with Crippen LogP contribution in [0.2, 0.25) is 5.02 Å². The van der Waals surface area contributed by atoms with Gasteiger partial charge in [-0.1, -0.05) is 16.8 Å². The Morgan fingerprint density at radius 3 is 2.45 bits per heavy atom. The number of phenolic OH excluding ortho intramolecular Hbond substituents is 2. The van der Waals surface area contributed by atoms with Gasteiger partial charge in [0.1, 0.15) is 17.9 Å². The number of carbonyl (C=O) groups is 7. The number of benzene rings is 1. The van der Waals surface area contributed by atoms with E-state index in [1.807, 2.05) is 0 Å². The van der Waals surface area contributed by atoms with E-state index in [0.717, 1.165) is 27.2 Å². The molecule has 19 nitrogen and oxygen atoms in total. The molecule has 5 aliphatic heterocycles. The number of rotatable bonds is 14. The molecule has 0 saturated carbocycles. The molecule has 22 heteroatoms. The summed E-state index contributed by atoms with van der Waals surface area (Å²) in [7, 11) is 0. The van der Waals surface area contributed by atoms with Gasteiger partial charge in [0.05, 0.1) is 53.5 Å². The summed E-state index contributed by atoms with van der Waals surface area (Å²) in [6.07, 6.45) is -2.09. The Hall–Kier alpha value is -5.25. The minimum absolute atomic E-state index is 0.0451. The highest BCUT2D eigenvalue weighted by molar-refractivity contribution is 8.00. The number of carboxylic acid groups (broad SMARTS) is 3. The van der Waals surface area contributed by atoms with E-state index in [0.29, 0.717) is 49.1 Å². The summed E-state index contributed by atoms with van der Waals surface area (Å²) in [4.78, 5) is 100. The molecule has 0 radical (unpaired) electrons. The number of aromatic nitrogens is 1. The lowest BCUT2D eigenvalue weighted by Gasteiger charge is -2.50. The number of imide groups is 1. The molecule has 2 bridgehead atoms. The molecule has 55 heavy (non-hydrogen) atoms. The van der Waals surface area contributed by atoms with Crippen molar-refractivity contribution in [2.75, 3.05) is 44.2 Å². The third-order valence-corrected chi connectivity index (χ3v) is 13.2. The number of Topliss-reactive ketones (excluding diaryl/α,β-unsaturated/α-hetero) is 1. The molecule has 7 N–H and O–H groups in total. The Morgan fingerprint density at radius 2 is 1.84 bits per heavy atom. The van der Waals surface area contributed by atoms with E-state index in [9.17, 15) is 54.0 Å². The fourth-order valence-corrected chi connectivity index (χ4v) is 10.4. The molecule has 0 unspecified atom stereocenters. The van der Waals surface area contributed by atoms with Gasteiger partial charge in [0.15, 0.2) is 28.1 Å². The third-order valence-electron chi connectivity index (χ3n) is 10.8. The molecular weight excluding hydrogens is 788 g/mol. The van der Waals surface area contributed by atoms with Gasteiger partial charge in [-0.25, -0.2) is 14.6 Å². The van der Waals surface area contributed by atoms with Crippen LogP contribution >= 0.6 is 34.7 Å². The summed E-state index contributed by atoms with van der Waals surface area (Å²) < 4.78 is 0.475. The molecule has 2 aromatic rings. The lowest BCUT2D eigenvalue weighted by Crippen LogP contribution is -2.62. The number of β-lactam (4-membered cyclic amide) rings is 1. The van der Waals surface area contributed by atoms with E-state index >= 15 is 0 Å². The van der Waals surface area contributed by atoms with Crippen LogP contribution in [-0.4, -0.2) is 142 Å². The number of quaternary nitrogens is 1. The lowest BCUT2D eigenvalue weighted by atomic mass is 9.84. The van der Waals surface area contributed by atoms with Crippen molar-refractivity contribution in [3.05, 3.63) is 44.6 Å². The first-order chi connectivity index (χ1) is 25.9. The second-order valence-electron chi connectivity index (χ2n) is 14.2. The van der Waals surface area contributed by atoms with Gasteiger partial charge in [0, 0.05) is 47.9 Å². The van der Waals surface area contributed by atoms with Gasteiger partial charge in [-0.15, -0.1) is 23.1 Å². The number of nitrogens with two attached hydrogens (primary N) is 1. The number of aliphatic carboxylic acids is 3. The number of carbonyl (C=O) groups excluding carboxylic acids is 4. The molecule has 5 aliphatic rings. The average Bonchev–Trinajstić information content (AvgIpc) is 3.87. The number of ketones is 1. The summed E-state index contributed by atoms with van der Waals surface area (Å²) in [5.41, 5.74) is 4.76.